The van der Waals surface area contributed by atoms with E-state index in [4.69, 9.17) is 0 Å². The Hall–Kier alpha value is -1.79. The molecule has 0 fully saturated rings. The summed E-state index contributed by atoms with van der Waals surface area (Å²) in [4.78, 5) is 10.7. The fourth-order valence-corrected chi connectivity index (χ4v) is 1.44. The second-order valence-corrected chi connectivity index (χ2v) is 4.62. The molecule has 0 amide bonds. The molecule has 0 radical (unpaired) electrons. The van der Waals surface area contributed by atoms with Gasteiger partial charge in [0.15, 0.2) is 5.69 Å². The van der Waals surface area contributed by atoms with Crippen LogP contribution in [0.3, 0.4) is 0 Å². The molecule has 106 valence electrons. The van der Waals surface area contributed by atoms with Crippen molar-refractivity contribution in [3.63, 3.8) is 0 Å². The minimum Gasteiger partial charge on any atom is -0.363 e. The van der Waals surface area contributed by atoms with Gasteiger partial charge < -0.3 is 9.80 Å². The Labute approximate surface area is 110 Å². The van der Waals surface area contributed by atoms with Crippen LogP contribution < -0.4 is 9.80 Å². The molecule has 1 aromatic rings. The second-order valence-electron chi connectivity index (χ2n) is 4.62. The summed E-state index contributed by atoms with van der Waals surface area (Å²) < 4.78 is 38.4. The molecule has 0 unspecified atom stereocenters. The topological polar surface area (TPSA) is 32.3 Å². The molecule has 0 aliphatic rings. The van der Waals surface area contributed by atoms with E-state index in [1.54, 1.807) is 28.1 Å². The third-order valence-corrected chi connectivity index (χ3v) is 2.30. The monoisotopic (exact) mass is 274 g/mol. The van der Waals surface area contributed by atoms with Crippen LogP contribution in [-0.2, 0) is 6.18 Å². The van der Waals surface area contributed by atoms with E-state index >= 15 is 0 Å². The Balaban J connectivity index is 3.24. The number of aromatic nitrogens is 2. The van der Waals surface area contributed by atoms with Crippen molar-refractivity contribution in [1.29, 1.82) is 0 Å². The van der Waals surface area contributed by atoms with Gasteiger partial charge in [0, 0.05) is 33.8 Å². The lowest BCUT2D eigenvalue weighted by atomic mass is 10.3. The average Bonchev–Trinajstić information content (AvgIpc) is 2.26. The van der Waals surface area contributed by atoms with Crippen LogP contribution in [0, 0.1) is 0 Å². The van der Waals surface area contributed by atoms with E-state index in [9.17, 15) is 13.2 Å². The molecule has 1 heterocycles. The van der Waals surface area contributed by atoms with E-state index in [2.05, 4.69) is 16.5 Å². The van der Waals surface area contributed by atoms with Crippen LogP contribution in [-0.4, -0.2) is 37.7 Å². The van der Waals surface area contributed by atoms with Gasteiger partial charge in [-0.15, -0.1) is 0 Å². The number of rotatable bonds is 4. The third kappa shape index (κ3) is 4.11. The predicted octanol–water partition coefficient (Wildman–Crippen LogP) is 2.57. The molecule has 0 aliphatic heterocycles. The number of nitrogens with zero attached hydrogens (tertiary/aromatic N) is 4. The molecule has 0 bridgehead atoms. The van der Waals surface area contributed by atoms with E-state index in [0.29, 0.717) is 6.54 Å². The van der Waals surface area contributed by atoms with E-state index in [1.807, 2.05) is 0 Å². The normalized spacial score (nSPS) is 11.3. The molecule has 0 spiro atoms. The molecule has 4 nitrogen and oxygen atoms in total. The minimum atomic E-state index is -4.49. The number of alkyl halides is 3. The molecule has 0 saturated carbocycles. The quantitative estimate of drug-likeness (QED) is 0.790. The molecule has 1 aromatic heterocycles. The summed E-state index contributed by atoms with van der Waals surface area (Å²) in [7, 11) is 4.89. The van der Waals surface area contributed by atoms with Crippen molar-refractivity contribution >= 4 is 11.8 Å². The molecule has 0 N–H and O–H groups in total. The third-order valence-electron chi connectivity index (χ3n) is 2.30. The van der Waals surface area contributed by atoms with Crippen molar-refractivity contribution in [3.8, 4) is 0 Å². The molecular weight excluding hydrogens is 257 g/mol. The molecular formula is C12H17F3N4. The summed E-state index contributed by atoms with van der Waals surface area (Å²) in [5.41, 5.74) is -0.135. The zero-order valence-electron chi connectivity index (χ0n) is 11.4. The van der Waals surface area contributed by atoms with Gasteiger partial charge in [-0.05, 0) is 6.92 Å². The van der Waals surface area contributed by atoms with Crippen molar-refractivity contribution in [2.24, 2.45) is 0 Å². The number of hydrogen-bond donors (Lipinski definition) is 0. The van der Waals surface area contributed by atoms with Gasteiger partial charge in [-0.3, -0.25) is 0 Å². The van der Waals surface area contributed by atoms with Crippen molar-refractivity contribution in [1.82, 2.24) is 9.97 Å². The van der Waals surface area contributed by atoms with E-state index in [-0.39, 0.29) is 11.8 Å². The first-order valence-electron chi connectivity index (χ1n) is 5.60. The first-order valence-corrected chi connectivity index (χ1v) is 5.60. The summed E-state index contributed by atoms with van der Waals surface area (Å²) in [6.07, 6.45) is -4.49. The summed E-state index contributed by atoms with van der Waals surface area (Å²) in [5, 5.41) is 0. The molecule has 0 aromatic carbocycles. The van der Waals surface area contributed by atoms with Gasteiger partial charge in [0.2, 0.25) is 5.95 Å². The summed E-state index contributed by atoms with van der Waals surface area (Å²) in [5.74, 6) is 0.243. The summed E-state index contributed by atoms with van der Waals surface area (Å²) in [6, 6.07) is 0.929. The van der Waals surface area contributed by atoms with Gasteiger partial charge in [-0.1, -0.05) is 12.2 Å². The Kier molecular flexibility index (Phi) is 4.39. The number of likely N-dealkylation sites (N-methyl/N-ethyl adjacent to an activating group) is 1. The van der Waals surface area contributed by atoms with Crippen LogP contribution in [0.5, 0.6) is 0 Å². The van der Waals surface area contributed by atoms with Gasteiger partial charge >= 0.3 is 6.18 Å². The largest absolute Gasteiger partial charge is 0.433 e. The number of halogens is 3. The van der Waals surface area contributed by atoms with Crippen LogP contribution in [0.4, 0.5) is 24.9 Å². The smallest absolute Gasteiger partial charge is 0.363 e. The Morgan fingerprint density at radius 1 is 1.26 bits per heavy atom. The zero-order chi connectivity index (χ0) is 14.8. The van der Waals surface area contributed by atoms with Gasteiger partial charge in [-0.2, -0.15) is 18.2 Å². The summed E-state index contributed by atoms with van der Waals surface area (Å²) in [6.45, 7) is 5.91. The lowest BCUT2D eigenvalue weighted by molar-refractivity contribution is -0.141. The fraction of sp³-hybridized carbons (Fsp3) is 0.500. The second kappa shape index (κ2) is 5.46. The summed E-state index contributed by atoms with van der Waals surface area (Å²) >= 11 is 0. The predicted molar refractivity (Wildman–Crippen MR) is 69.4 cm³/mol. The van der Waals surface area contributed by atoms with E-state index in [1.165, 1.54) is 9.80 Å². The van der Waals surface area contributed by atoms with Crippen LogP contribution in [0.2, 0.25) is 0 Å². The highest BCUT2D eigenvalue weighted by Crippen LogP contribution is 2.30. The molecule has 0 saturated heterocycles. The molecule has 19 heavy (non-hydrogen) atoms. The minimum absolute atomic E-state index is 0.0292. The van der Waals surface area contributed by atoms with Gasteiger partial charge in [0.25, 0.3) is 0 Å². The Morgan fingerprint density at radius 2 is 1.84 bits per heavy atom. The SMILES string of the molecule is C=C(C)CN(C)c1nc(N(C)C)cc(C(F)(F)F)n1. The highest BCUT2D eigenvalue weighted by molar-refractivity contribution is 5.45. The van der Waals surface area contributed by atoms with Crippen LogP contribution in [0.15, 0.2) is 18.2 Å². The molecule has 0 atom stereocenters. The lowest BCUT2D eigenvalue weighted by Crippen LogP contribution is -2.25. The van der Waals surface area contributed by atoms with Gasteiger partial charge in [0.05, 0.1) is 0 Å². The average molecular weight is 274 g/mol. The van der Waals surface area contributed by atoms with Gasteiger partial charge in [0.1, 0.15) is 5.82 Å². The maximum absolute atomic E-state index is 12.8. The maximum atomic E-state index is 12.8. The van der Waals surface area contributed by atoms with E-state index in [0.717, 1.165) is 11.6 Å². The lowest BCUT2D eigenvalue weighted by Gasteiger charge is -2.21. The van der Waals surface area contributed by atoms with Crippen LogP contribution >= 0.6 is 0 Å². The van der Waals surface area contributed by atoms with Crippen LogP contribution in [0.1, 0.15) is 12.6 Å². The van der Waals surface area contributed by atoms with Gasteiger partial charge in [-0.25, -0.2) is 4.98 Å². The highest BCUT2D eigenvalue weighted by Gasteiger charge is 2.34. The molecule has 1 rings (SSSR count). The van der Waals surface area contributed by atoms with Crippen molar-refractivity contribution in [2.45, 2.75) is 13.1 Å². The standard InChI is InChI=1S/C12H17F3N4/c1-8(2)7-19(5)11-16-9(12(13,14)15)6-10(17-11)18(3)4/h6H,1,7H2,2-5H3. The van der Waals surface area contributed by atoms with E-state index < -0.39 is 11.9 Å². The number of anilines is 2. The molecule has 7 heteroatoms. The van der Waals surface area contributed by atoms with Crippen molar-refractivity contribution in [3.05, 3.63) is 23.9 Å². The maximum Gasteiger partial charge on any atom is 0.433 e. The Morgan fingerprint density at radius 3 is 2.26 bits per heavy atom. The zero-order valence-corrected chi connectivity index (χ0v) is 11.4. The van der Waals surface area contributed by atoms with Crippen molar-refractivity contribution in [2.75, 3.05) is 37.5 Å². The highest BCUT2D eigenvalue weighted by atomic mass is 19.4. The van der Waals surface area contributed by atoms with Crippen molar-refractivity contribution < 1.29 is 13.2 Å². The number of hydrogen-bond acceptors (Lipinski definition) is 4. The molecule has 0 aliphatic carbocycles. The van der Waals surface area contributed by atoms with Crippen LogP contribution in [0.25, 0.3) is 0 Å². The first-order chi connectivity index (χ1) is 8.61. The fourth-order valence-electron chi connectivity index (χ4n) is 1.44. The Bertz CT molecular complexity index is 469. The first kappa shape index (κ1) is 15.3.